The molecule has 0 unspecified atom stereocenters. The zero-order valence-corrected chi connectivity index (χ0v) is 14.4. The molecule has 0 radical (unpaired) electrons. The third kappa shape index (κ3) is 3.26. The third-order valence-corrected chi connectivity index (χ3v) is 4.67. The molecule has 0 fully saturated rings. The molecule has 0 atom stereocenters. The molecule has 4 nitrogen and oxygen atoms in total. The van der Waals surface area contributed by atoms with Crippen molar-refractivity contribution >= 4 is 11.5 Å². The summed E-state index contributed by atoms with van der Waals surface area (Å²) in [5, 5.41) is 0. The van der Waals surface area contributed by atoms with E-state index in [9.17, 15) is 4.79 Å². The van der Waals surface area contributed by atoms with Crippen LogP contribution in [0.5, 0.6) is 0 Å². The fourth-order valence-electron chi connectivity index (χ4n) is 3.30. The fourth-order valence-corrected chi connectivity index (χ4v) is 3.30. The molecule has 0 spiro atoms. The van der Waals surface area contributed by atoms with Gasteiger partial charge in [-0.25, -0.2) is 9.97 Å². The van der Waals surface area contributed by atoms with Gasteiger partial charge in [-0.3, -0.25) is 4.79 Å². The highest BCUT2D eigenvalue weighted by Crippen LogP contribution is 2.26. The Kier molecular flexibility index (Phi) is 4.56. The summed E-state index contributed by atoms with van der Waals surface area (Å²) < 4.78 is 0. The minimum absolute atomic E-state index is 0.0489. The highest BCUT2D eigenvalue weighted by atomic mass is 16.2. The summed E-state index contributed by atoms with van der Waals surface area (Å²) in [7, 11) is 0. The van der Waals surface area contributed by atoms with Gasteiger partial charge in [0.2, 0.25) is 0 Å². The molecule has 1 aromatic heterocycles. The second-order valence-corrected chi connectivity index (χ2v) is 6.27. The van der Waals surface area contributed by atoms with Crippen molar-refractivity contribution in [3.8, 4) is 11.1 Å². The highest BCUT2D eigenvalue weighted by molar-refractivity contribution is 6.01. The topological polar surface area (TPSA) is 46.1 Å². The summed E-state index contributed by atoms with van der Waals surface area (Å²) in [4.78, 5) is 23.1. The van der Waals surface area contributed by atoms with Crippen LogP contribution >= 0.6 is 0 Å². The lowest BCUT2D eigenvalue weighted by atomic mass is 9.97. The third-order valence-electron chi connectivity index (χ3n) is 4.67. The Morgan fingerprint density at radius 2 is 1.62 bits per heavy atom. The van der Waals surface area contributed by atoms with Gasteiger partial charge in [-0.05, 0) is 29.2 Å². The number of hydrogen-bond donors (Lipinski definition) is 0. The van der Waals surface area contributed by atoms with Crippen molar-refractivity contribution in [1.82, 2.24) is 14.9 Å². The van der Waals surface area contributed by atoms with Crippen molar-refractivity contribution in [2.24, 2.45) is 0 Å². The van der Waals surface area contributed by atoms with Gasteiger partial charge in [0.05, 0.1) is 0 Å². The van der Waals surface area contributed by atoms with E-state index in [1.807, 2.05) is 47.4 Å². The van der Waals surface area contributed by atoms with E-state index in [0.717, 1.165) is 24.1 Å². The SMILES string of the molecule is O=C(c1ccccc1-c1cncnc1)N1CC=C(c2ccccc2)CC1. The van der Waals surface area contributed by atoms with Crippen LogP contribution in [0.3, 0.4) is 0 Å². The van der Waals surface area contributed by atoms with E-state index in [4.69, 9.17) is 0 Å². The molecular weight excluding hydrogens is 322 g/mol. The van der Waals surface area contributed by atoms with Crippen LogP contribution in [0.2, 0.25) is 0 Å². The van der Waals surface area contributed by atoms with E-state index in [0.29, 0.717) is 12.1 Å². The molecule has 0 bridgehead atoms. The molecule has 0 aliphatic carbocycles. The van der Waals surface area contributed by atoms with Gasteiger partial charge in [0, 0.05) is 36.6 Å². The first-order chi connectivity index (χ1) is 12.8. The Morgan fingerprint density at radius 1 is 0.885 bits per heavy atom. The normalized spacial score (nSPS) is 14.0. The Balaban J connectivity index is 1.58. The Labute approximate surface area is 152 Å². The van der Waals surface area contributed by atoms with Crippen LogP contribution in [0.25, 0.3) is 16.7 Å². The van der Waals surface area contributed by atoms with Crippen molar-refractivity contribution in [3.05, 3.63) is 90.5 Å². The maximum atomic E-state index is 13.1. The molecule has 0 saturated heterocycles. The number of aromatic nitrogens is 2. The average Bonchev–Trinajstić information content (AvgIpc) is 2.75. The number of rotatable bonds is 3. The second kappa shape index (κ2) is 7.31. The van der Waals surface area contributed by atoms with Gasteiger partial charge in [-0.2, -0.15) is 0 Å². The molecule has 2 aromatic carbocycles. The molecule has 1 aliphatic rings. The number of hydrogen-bond acceptors (Lipinski definition) is 3. The predicted octanol–water partition coefficient (Wildman–Crippen LogP) is 4.07. The first kappa shape index (κ1) is 16.2. The molecule has 1 aliphatic heterocycles. The van der Waals surface area contributed by atoms with E-state index in [-0.39, 0.29) is 5.91 Å². The molecule has 2 heterocycles. The molecule has 128 valence electrons. The first-order valence-corrected chi connectivity index (χ1v) is 8.71. The van der Waals surface area contributed by atoms with Crippen molar-refractivity contribution < 1.29 is 4.79 Å². The molecule has 1 amide bonds. The van der Waals surface area contributed by atoms with Crippen LogP contribution in [0.4, 0.5) is 0 Å². The Hall–Kier alpha value is -3.27. The number of carbonyl (C=O) groups excluding carboxylic acids is 1. The molecular formula is C22H19N3O. The fraction of sp³-hybridized carbons (Fsp3) is 0.136. The van der Waals surface area contributed by atoms with E-state index < -0.39 is 0 Å². The second-order valence-electron chi connectivity index (χ2n) is 6.27. The summed E-state index contributed by atoms with van der Waals surface area (Å²) in [5.41, 5.74) is 4.96. The van der Waals surface area contributed by atoms with Gasteiger partial charge < -0.3 is 4.90 Å². The monoisotopic (exact) mass is 341 g/mol. The zero-order chi connectivity index (χ0) is 17.8. The smallest absolute Gasteiger partial charge is 0.254 e. The highest BCUT2D eigenvalue weighted by Gasteiger charge is 2.21. The van der Waals surface area contributed by atoms with E-state index in [1.165, 1.54) is 17.5 Å². The van der Waals surface area contributed by atoms with Crippen molar-refractivity contribution in [1.29, 1.82) is 0 Å². The van der Waals surface area contributed by atoms with Crippen LogP contribution in [-0.2, 0) is 0 Å². The molecule has 0 N–H and O–H groups in total. The predicted molar refractivity (Wildman–Crippen MR) is 102 cm³/mol. The van der Waals surface area contributed by atoms with Crippen LogP contribution in [0.15, 0.2) is 79.4 Å². The zero-order valence-electron chi connectivity index (χ0n) is 14.4. The standard InChI is InChI=1S/C22H19N3O/c26-22(21-9-5-4-8-20(21)19-14-23-16-24-15-19)25-12-10-18(11-13-25)17-6-2-1-3-7-17/h1-10,14-16H,11-13H2. The largest absolute Gasteiger partial charge is 0.335 e. The number of carbonyl (C=O) groups is 1. The van der Waals surface area contributed by atoms with Crippen molar-refractivity contribution in [3.63, 3.8) is 0 Å². The Morgan fingerprint density at radius 3 is 2.35 bits per heavy atom. The summed E-state index contributed by atoms with van der Waals surface area (Å²) in [6.07, 6.45) is 8.00. The van der Waals surface area contributed by atoms with Crippen molar-refractivity contribution in [2.45, 2.75) is 6.42 Å². The number of amides is 1. The average molecular weight is 341 g/mol. The summed E-state index contributed by atoms with van der Waals surface area (Å²) in [5.74, 6) is 0.0489. The van der Waals surface area contributed by atoms with E-state index in [1.54, 1.807) is 12.4 Å². The quantitative estimate of drug-likeness (QED) is 0.721. The first-order valence-electron chi connectivity index (χ1n) is 8.71. The summed E-state index contributed by atoms with van der Waals surface area (Å²) in [6, 6.07) is 18.0. The van der Waals surface area contributed by atoms with Crippen LogP contribution in [0, 0.1) is 0 Å². The van der Waals surface area contributed by atoms with E-state index >= 15 is 0 Å². The molecule has 4 rings (SSSR count). The summed E-state index contributed by atoms with van der Waals surface area (Å²) >= 11 is 0. The molecule has 3 aromatic rings. The van der Waals surface area contributed by atoms with Crippen molar-refractivity contribution in [2.75, 3.05) is 13.1 Å². The van der Waals surface area contributed by atoms with Crippen LogP contribution in [0.1, 0.15) is 22.3 Å². The number of benzene rings is 2. The molecule has 4 heteroatoms. The maximum absolute atomic E-state index is 13.1. The summed E-state index contributed by atoms with van der Waals surface area (Å²) in [6.45, 7) is 1.35. The molecule has 0 saturated carbocycles. The van der Waals surface area contributed by atoms with Gasteiger partial charge in [0.1, 0.15) is 6.33 Å². The lowest BCUT2D eigenvalue weighted by Gasteiger charge is -2.27. The van der Waals surface area contributed by atoms with Gasteiger partial charge in [-0.1, -0.05) is 54.6 Å². The van der Waals surface area contributed by atoms with Gasteiger partial charge >= 0.3 is 0 Å². The van der Waals surface area contributed by atoms with Crippen LogP contribution in [-0.4, -0.2) is 33.9 Å². The number of nitrogens with zero attached hydrogens (tertiary/aromatic N) is 3. The Bertz CT molecular complexity index is 936. The maximum Gasteiger partial charge on any atom is 0.254 e. The van der Waals surface area contributed by atoms with Crippen LogP contribution < -0.4 is 0 Å². The lowest BCUT2D eigenvalue weighted by Crippen LogP contribution is -2.35. The van der Waals surface area contributed by atoms with Gasteiger partial charge in [-0.15, -0.1) is 0 Å². The van der Waals surface area contributed by atoms with E-state index in [2.05, 4.69) is 28.2 Å². The lowest BCUT2D eigenvalue weighted by molar-refractivity contribution is 0.0773. The van der Waals surface area contributed by atoms with Gasteiger partial charge in [0.15, 0.2) is 0 Å². The van der Waals surface area contributed by atoms with Gasteiger partial charge in [0.25, 0.3) is 5.91 Å². The minimum atomic E-state index is 0.0489. The molecule has 26 heavy (non-hydrogen) atoms. The minimum Gasteiger partial charge on any atom is -0.335 e.